The molecule has 0 spiro atoms. The van der Waals surface area contributed by atoms with E-state index in [1.54, 1.807) is 11.3 Å². The van der Waals surface area contributed by atoms with Crippen molar-refractivity contribution in [3.8, 4) is 10.7 Å². The van der Waals surface area contributed by atoms with E-state index in [1.165, 1.54) is 0 Å². The molecule has 1 amide bonds. The summed E-state index contributed by atoms with van der Waals surface area (Å²) in [6.45, 7) is 7.77. The van der Waals surface area contributed by atoms with Crippen molar-refractivity contribution in [2.24, 2.45) is 0 Å². The number of likely N-dealkylation sites (N-methyl/N-ethyl adjacent to an activating group) is 1. The van der Waals surface area contributed by atoms with Crippen molar-refractivity contribution < 1.29 is 4.79 Å². The molecule has 128 valence electrons. The lowest BCUT2D eigenvalue weighted by Crippen LogP contribution is -2.49. The van der Waals surface area contributed by atoms with Gasteiger partial charge in [-0.15, -0.1) is 11.3 Å². The van der Waals surface area contributed by atoms with Gasteiger partial charge in [0.15, 0.2) is 5.82 Å². The monoisotopic (exact) mass is 345 g/mol. The van der Waals surface area contributed by atoms with E-state index in [2.05, 4.69) is 25.1 Å². The Balaban J connectivity index is 1.47. The van der Waals surface area contributed by atoms with E-state index >= 15 is 0 Å². The molecule has 7 heteroatoms. The summed E-state index contributed by atoms with van der Waals surface area (Å²) in [4.78, 5) is 26.3. The average molecular weight is 345 g/mol. The van der Waals surface area contributed by atoms with Gasteiger partial charge < -0.3 is 5.32 Å². The van der Waals surface area contributed by atoms with Crippen LogP contribution < -0.4 is 5.32 Å². The van der Waals surface area contributed by atoms with Crippen LogP contribution in [0, 0.1) is 0 Å². The van der Waals surface area contributed by atoms with Crippen molar-refractivity contribution in [3.05, 3.63) is 35.5 Å². The Morgan fingerprint density at radius 2 is 1.92 bits per heavy atom. The number of aromatic nitrogens is 2. The predicted octanol–water partition coefficient (Wildman–Crippen LogP) is 1.46. The van der Waals surface area contributed by atoms with Crippen LogP contribution in [-0.4, -0.2) is 64.9 Å². The summed E-state index contributed by atoms with van der Waals surface area (Å²) in [7, 11) is 0. The number of rotatable bonds is 6. The maximum Gasteiger partial charge on any atom is 0.234 e. The third-order valence-corrected chi connectivity index (χ3v) is 4.92. The lowest BCUT2D eigenvalue weighted by molar-refractivity contribution is -0.122. The van der Waals surface area contributed by atoms with Crippen LogP contribution in [0.4, 0.5) is 0 Å². The molecule has 0 bridgehead atoms. The minimum atomic E-state index is 0.114. The van der Waals surface area contributed by atoms with Gasteiger partial charge >= 0.3 is 0 Å². The molecule has 3 heterocycles. The highest BCUT2D eigenvalue weighted by Crippen LogP contribution is 2.20. The molecule has 3 rings (SSSR count). The summed E-state index contributed by atoms with van der Waals surface area (Å²) >= 11 is 1.65. The van der Waals surface area contributed by atoms with Gasteiger partial charge in [0.25, 0.3) is 0 Å². The van der Waals surface area contributed by atoms with E-state index in [1.807, 2.05) is 36.8 Å². The van der Waals surface area contributed by atoms with Crippen molar-refractivity contribution in [2.75, 3.05) is 39.3 Å². The van der Waals surface area contributed by atoms with E-state index in [-0.39, 0.29) is 5.91 Å². The van der Waals surface area contributed by atoms with Gasteiger partial charge in [0.05, 0.1) is 11.4 Å². The standard InChI is InChI=1S/C17H23N5OS/c1-2-18-16(23)13-22-7-5-21(6-8-22)12-14-10-19-17(20-11-14)15-4-3-9-24-15/h3-4,9-11H,2,5-8,12-13H2,1H3,(H,18,23). The SMILES string of the molecule is CCNC(=O)CN1CCN(Cc2cnc(-c3cccs3)nc2)CC1. The maximum absolute atomic E-state index is 11.6. The fraction of sp³-hybridized carbons (Fsp3) is 0.471. The highest BCUT2D eigenvalue weighted by molar-refractivity contribution is 7.13. The highest BCUT2D eigenvalue weighted by atomic mass is 32.1. The Bertz CT molecular complexity index is 636. The number of amides is 1. The molecule has 0 aromatic carbocycles. The van der Waals surface area contributed by atoms with Gasteiger partial charge in [0.1, 0.15) is 0 Å². The Morgan fingerprint density at radius 3 is 2.54 bits per heavy atom. The molecule has 1 fully saturated rings. The molecule has 0 saturated carbocycles. The van der Waals surface area contributed by atoms with Crippen molar-refractivity contribution in [1.82, 2.24) is 25.1 Å². The summed E-state index contributed by atoms with van der Waals surface area (Å²) in [6.07, 6.45) is 3.84. The van der Waals surface area contributed by atoms with Crippen molar-refractivity contribution in [3.63, 3.8) is 0 Å². The molecule has 0 atom stereocenters. The van der Waals surface area contributed by atoms with Gasteiger partial charge in [-0.1, -0.05) is 6.07 Å². The first kappa shape index (κ1) is 17.0. The van der Waals surface area contributed by atoms with Gasteiger partial charge in [-0.2, -0.15) is 0 Å². The topological polar surface area (TPSA) is 61.4 Å². The summed E-state index contributed by atoms with van der Waals surface area (Å²) in [5.41, 5.74) is 1.13. The molecule has 1 N–H and O–H groups in total. The lowest BCUT2D eigenvalue weighted by Gasteiger charge is -2.34. The van der Waals surface area contributed by atoms with Gasteiger partial charge in [0, 0.05) is 57.2 Å². The molecule has 24 heavy (non-hydrogen) atoms. The van der Waals surface area contributed by atoms with Crippen LogP contribution in [0.25, 0.3) is 10.7 Å². The first-order valence-electron chi connectivity index (χ1n) is 8.31. The number of nitrogens with zero attached hydrogens (tertiary/aromatic N) is 4. The van der Waals surface area contributed by atoms with Crippen LogP contribution in [-0.2, 0) is 11.3 Å². The summed E-state index contributed by atoms with van der Waals surface area (Å²) in [6, 6.07) is 4.05. The average Bonchev–Trinajstić information content (AvgIpc) is 3.12. The summed E-state index contributed by atoms with van der Waals surface area (Å²) < 4.78 is 0. The van der Waals surface area contributed by atoms with E-state index < -0.39 is 0 Å². The maximum atomic E-state index is 11.6. The lowest BCUT2D eigenvalue weighted by atomic mass is 10.2. The Labute approximate surface area is 146 Å². The zero-order valence-corrected chi connectivity index (χ0v) is 14.8. The summed E-state index contributed by atoms with van der Waals surface area (Å²) in [5, 5.41) is 4.89. The molecule has 0 radical (unpaired) electrons. The van der Waals surface area contributed by atoms with Gasteiger partial charge in [-0.05, 0) is 18.4 Å². The van der Waals surface area contributed by atoms with Crippen molar-refractivity contribution in [1.29, 1.82) is 0 Å². The van der Waals surface area contributed by atoms with Crippen LogP contribution in [0.3, 0.4) is 0 Å². The van der Waals surface area contributed by atoms with Crippen LogP contribution in [0.1, 0.15) is 12.5 Å². The fourth-order valence-corrected chi connectivity index (χ4v) is 3.46. The van der Waals surface area contributed by atoms with E-state index in [9.17, 15) is 4.79 Å². The molecule has 6 nitrogen and oxygen atoms in total. The fourth-order valence-electron chi connectivity index (χ4n) is 2.79. The minimum absolute atomic E-state index is 0.114. The molecule has 0 unspecified atom stereocenters. The van der Waals surface area contributed by atoms with E-state index in [0.29, 0.717) is 13.1 Å². The molecular formula is C17H23N5OS. The number of thiophene rings is 1. The van der Waals surface area contributed by atoms with Gasteiger partial charge in [0.2, 0.25) is 5.91 Å². The van der Waals surface area contributed by atoms with Gasteiger partial charge in [-0.3, -0.25) is 14.6 Å². The Morgan fingerprint density at radius 1 is 1.21 bits per heavy atom. The van der Waals surface area contributed by atoms with Crippen LogP contribution in [0.2, 0.25) is 0 Å². The van der Waals surface area contributed by atoms with Crippen LogP contribution >= 0.6 is 11.3 Å². The smallest absolute Gasteiger partial charge is 0.234 e. The van der Waals surface area contributed by atoms with E-state index in [4.69, 9.17) is 0 Å². The second-order valence-electron chi connectivity index (χ2n) is 5.90. The van der Waals surface area contributed by atoms with Crippen LogP contribution in [0.15, 0.2) is 29.9 Å². The second-order valence-corrected chi connectivity index (χ2v) is 6.85. The number of carbonyl (C=O) groups is 1. The zero-order chi connectivity index (χ0) is 16.8. The quantitative estimate of drug-likeness (QED) is 0.859. The summed E-state index contributed by atoms with van der Waals surface area (Å²) in [5.74, 6) is 0.907. The Hall–Kier alpha value is -1.83. The number of nitrogens with one attached hydrogen (secondary N) is 1. The molecule has 2 aromatic rings. The third kappa shape index (κ3) is 4.59. The van der Waals surface area contributed by atoms with Gasteiger partial charge in [-0.25, -0.2) is 9.97 Å². The predicted molar refractivity (Wildman–Crippen MR) is 95.7 cm³/mol. The van der Waals surface area contributed by atoms with E-state index in [0.717, 1.165) is 49.0 Å². The molecule has 0 aliphatic carbocycles. The molecule has 1 saturated heterocycles. The minimum Gasteiger partial charge on any atom is -0.355 e. The highest BCUT2D eigenvalue weighted by Gasteiger charge is 2.19. The molecular weight excluding hydrogens is 322 g/mol. The number of carbonyl (C=O) groups excluding carboxylic acids is 1. The molecule has 2 aromatic heterocycles. The van der Waals surface area contributed by atoms with Crippen molar-refractivity contribution in [2.45, 2.75) is 13.5 Å². The number of hydrogen-bond donors (Lipinski definition) is 1. The molecule has 1 aliphatic rings. The number of piperazine rings is 1. The second kappa shape index (κ2) is 8.32. The first-order chi connectivity index (χ1) is 11.7. The van der Waals surface area contributed by atoms with Crippen molar-refractivity contribution >= 4 is 17.2 Å². The number of hydrogen-bond acceptors (Lipinski definition) is 6. The third-order valence-electron chi connectivity index (χ3n) is 4.06. The molecule has 1 aliphatic heterocycles. The Kier molecular flexibility index (Phi) is 5.90. The first-order valence-corrected chi connectivity index (χ1v) is 9.19. The van der Waals surface area contributed by atoms with Crippen LogP contribution in [0.5, 0.6) is 0 Å². The zero-order valence-electron chi connectivity index (χ0n) is 13.9. The largest absolute Gasteiger partial charge is 0.355 e. The normalized spacial score (nSPS) is 16.2.